The van der Waals surface area contributed by atoms with Crippen LogP contribution in [0.25, 0.3) is 0 Å². The molecule has 1 aromatic heterocycles. The molecular formula is C11H8Cl2N2O3. The summed E-state index contributed by atoms with van der Waals surface area (Å²) in [6.07, 6.45) is 0.617. The van der Waals surface area contributed by atoms with Crippen molar-refractivity contribution in [3.05, 3.63) is 39.5 Å². The van der Waals surface area contributed by atoms with Gasteiger partial charge in [0.15, 0.2) is 18.7 Å². The molecule has 0 saturated heterocycles. The highest BCUT2D eigenvalue weighted by atomic mass is 35.5. The Morgan fingerprint density at radius 3 is 2.83 bits per heavy atom. The number of carbonyl (C=O) groups is 1. The van der Waals surface area contributed by atoms with Crippen LogP contribution in [0.5, 0.6) is 5.75 Å². The van der Waals surface area contributed by atoms with E-state index >= 15 is 0 Å². The fourth-order valence-corrected chi connectivity index (χ4v) is 1.92. The van der Waals surface area contributed by atoms with Crippen LogP contribution < -0.4 is 4.74 Å². The van der Waals surface area contributed by atoms with Gasteiger partial charge in [0.2, 0.25) is 0 Å². The topological polar surface area (TPSA) is 65.2 Å². The molecule has 0 unspecified atom stereocenters. The maximum absolute atomic E-state index is 10.9. The van der Waals surface area contributed by atoms with Crippen molar-refractivity contribution < 1.29 is 14.1 Å². The summed E-state index contributed by atoms with van der Waals surface area (Å²) >= 11 is 11.7. The smallest absolute Gasteiger partial charge is 0.264 e. The molecule has 0 bridgehead atoms. The van der Waals surface area contributed by atoms with Crippen molar-refractivity contribution in [2.45, 2.75) is 13.5 Å². The molecule has 2 aromatic rings. The van der Waals surface area contributed by atoms with E-state index < -0.39 is 0 Å². The maximum Gasteiger partial charge on any atom is 0.264 e. The van der Waals surface area contributed by atoms with Gasteiger partial charge in [0.1, 0.15) is 5.75 Å². The van der Waals surface area contributed by atoms with Gasteiger partial charge in [0.25, 0.3) is 5.89 Å². The molecule has 1 heterocycles. The summed E-state index contributed by atoms with van der Waals surface area (Å²) in [5.74, 6) is 1.05. The van der Waals surface area contributed by atoms with E-state index in [2.05, 4.69) is 10.1 Å². The SMILES string of the molecule is Cc1noc(COc2c(Cl)cc(Cl)cc2C=O)n1. The first kappa shape index (κ1) is 12.9. The second-order valence-corrected chi connectivity index (χ2v) is 4.29. The van der Waals surface area contributed by atoms with Crippen LogP contribution in [0.1, 0.15) is 22.1 Å². The number of hydrogen-bond acceptors (Lipinski definition) is 5. The van der Waals surface area contributed by atoms with E-state index in [9.17, 15) is 4.79 Å². The largest absolute Gasteiger partial charge is 0.481 e. The van der Waals surface area contributed by atoms with E-state index in [1.54, 1.807) is 6.92 Å². The molecule has 0 fully saturated rings. The molecule has 0 atom stereocenters. The van der Waals surface area contributed by atoms with Crippen LogP contribution in [0.4, 0.5) is 0 Å². The number of benzene rings is 1. The second-order valence-electron chi connectivity index (χ2n) is 3.45. The normalized spacial score (nSPS) is 10.4. The highest BCUT2D eigenvalue weighted by molar-refractivity contribution is 6.36. The van der Waals surface area contributed by atoms with Gasteiger partial charge in [-0.3, -0.25) is 4.79 Å². The number of aldehydes is 1. The number of nitrogens with zero attached hydrogens (tertiary/aromatic N) is 2. The zero-order valence-corrected chi connectivity index (χ0v) is 10.8. The molecule has 0 amide bonds. The fraction of sp³-hybridized carbons (Fsp3) is 0.182. The van der Waals surface area contributed by atoms with Crippen LogP contribution in [0.15, 0.2) is 16.7 Å². The molecule has 1 aromatic carbocycles. The Bertz CT molecular complexity index is 584. The third-order valence-electron chi connectivity index (χ3n) is 2.07. The van der Waals surface area contributed by atoms with Gasteiger partial charge in [0, 0.05) is 5.02 Å². The summed E-state index contributed by atoms with van der Waals surface area (Å²) in [5.41, 5.74) is 0.267. The van der Waals surface area contributed by atoms with E-state index in [0.29, 0.717) is 23.0 Å². The standard InChI is InChI=1S/C11H8Cl2N2O3/c1-6-14-10(18-15-6)5-17-11-7(4-16)2-8(12)3-9(11)13/h2-4H,5H2,1H3. The summed E-state index contributed by atoms with van der Waals surface area (Å²) in [6.45, 7) is 1.72. The zero-order chi connectivity index (χ0) is 13.1. The van der Waals surface area contributed by atoms with Gasteiger partial charge in [0.05, 0.1) is 10.6 Å². The average molecular weight is 287 g/mol. The van der Waals surface area contributed by atoms with Crippen LogP contribution in [0.2, 0.25) is 10.0 Å². The molecule has 0 saturated carbocycles. The van der Waals surface area contributed by atoms with E-state index in [-0.39, 0.29) is 22.9 Å². The quantitative estimate of drug-likeness (QED) is 0.808. The molecule has 18 heavy (non-hydrogen) atoms. The van der Waals surface area contributed by atoms with Gasteiger partial charge >= 0.3 is 0 Å². The summed E-state index contributed by atoms with van der Waals surface area (Å²) in [4.78, 5) is 14.9. The summed E-state index contributed by atoms with van der Waals surface area (Å²) in [6, 6.07) is 2.96. The first-order chi connectivity index (χ1) is 8.60. The lowest BCUT2D eigenvalue weighted by Crippen LogP contribution is -1.99. The van der Waals surface area contributed by atoms with Gasteiger partial charge in [-0.05, 0) is 19.1 Å². The highest BCUT2D eigenvalue weighted by Crippen LogP contribution is 2.31. The van der Waals surface area contributed by atoms with Crippen LogP contribution >= 0.6 is 23.2 Å². The molecule has 0 aliphatic rings. The average Bonchev–Trinajstić information content (AvgIpc) is 2.73. The molecule has 0 radical (unpaired) electrons. The minimum absolute atomic E-state index is 0.0308. The van der Waals surface area contributed by atoms with Gasteiger partial charge in [-0.2, -0.15) is 4.98 Å². The monoisotopic (exact) mass is 286 g/mol. The van der Waals surface area contributed by atoms with Crippen molar-refractivity contribution in [2.24, 2.45) is 0 Å². The lowest BCUT2D eigenvalue weighted by atomic mass is 10.2. The van der Waals surface area contributed by atoms with Crippen LogP contribution in [0, 0.1) is 6.92 Å². The zero-order valence-electron chi connectivity index (χ0n) is 9.31. The van der Waals surface area contributed by atoms with Crippen molar-refractivity contribution in [1.29, 1.82) is 0 Å². The maximum atomic E-state index is 10.9. The molecule has 5 nitrogen and oxygen atoms in total. The second kappa shape index (κ2) is 5.37. The van der Waals surface area contributed by atoms with E-state index in [1.165, 1.54) is 12.1 Å². The molecule has 0 aliphatic carbocycles. The summed E-state index contributed by atoms with van der Waals surface area (Å²) < 4.78 is 10.3. The summed E-state index contributed by atoms with van der Waals surface area (Å²) in [7, 11) is 0. The molecule has 0 N–H and O–H groups in total. The van der Waals surface area contributed by atoms with Crippen molar-refractivity contribution in [3.8, 4) is 5.75 Å². The first-order valence-corrected chi connectivity index (χ1v) is 5.72. The van der Waals surface area contributed by atoms with Crippen molar-refractivity contribution in [3.63, 3.8) is 0 Å². The molecule has 0 aliphatic heterocycles. The molecule has 7 heteroatoms. The van der Waals surface area contributed by atoms with Gasteiger partial charge in [-0.25, -0.2) is 0 Å². The Morgan fingerprint density at radius 1 is 1.44 bits per heavy atom. The number of rotatable bonds is 4. The Morgan fingerprint density at radius 2 is 2.22 bits per heavy atom. The van der Waals surface area contributed by atoms with Crippen molar-refractivity contribution in [2.75, 3.05) is 0 Å². The fourth-order valence-electron chi connectivity index (χ4n) is 1.35. The third kappa shape index (κ3) is 2.80. The Balaban J connectivity index is 2.20. The molecule has 94 valence electrons. The minimum Gasteiger partial charge on any atom is -0.481 e. The number of aromatic nitrogens is 2. The predicted octanol–water partition coefficient (Wildman–Crippen LogP) is 3.08. The number of aryl methyl sites for hydroxylation is 1. The Kier molecular flexibility index (Phi) is 3.84. The van der Waals surface area contributed by atoms with Crippen molar-refractivity contribution >= 4 is 29.5 Å². The third-order valence-corrected chi connectivity index (χ3v) is 2.57. The number of hydrogen-bond donors (Lipinski definition) is 0. The van der Waals surface area contributed by atoms with Crippen LogP contribution in [0.3, 0.4) is 0 Å². The van der Waals surface area contributed by atoms with Crippen LogP contribution in [-0.2, 0) is 6.61 Å². The van der Waals surface area contributed by atoms with E-state index in [4.69, 9.17) is 32.5 Å². The number of ether oxygens (including phenoxy) is 1. The lowest BCUT2D eigenvalue weighted by Gasteiger charge is -2.08. The molecular weight excluding hydrogens is 279 g/mol. The van der Waals surface area contributed by atoms with Gasteiger partial charge < -0.3 is 9.26 Å². The van der Waals surface area contributed by atoms with Crippen LogP contribution in [-0.4, -0.2) is 16.4 Å². The summed E-state index contributed by atoms with van der Waals surface area (Å²) in [5, 5.41) is 4.23. The Hall–Kier alpha value is -1.59. The molecule has 0 spiro atoms. The van der Waals surface area contributed by atoms with E-state index in [1.807, 2.05) is 0 Å². The van der Waals surface area contributed by atoms with E-state index in [0.717, 1.165) is 0 Å². The predicted molar refractivity (Wildman–Crippen MR) is 65.2 cm³/mol. The van der Waals surface area contributed by atoms with Gasteiger partial charge in [-0.1, -0.05) is 28.4 Å². The van der Waals surface area contributed by atoms with Gasteiger partial charge in [-0.15, -0.1) is 0 Å². The lowest BCUT2D eigenvalue weighted by molar-refractivity contribution is 0.111. The number of halogens is 2. The first-order valence-electron chi connectivity index (χ1n) is 4.96. The Labute approximate surface area is 113 Å². The molecule has 2 rings (SSSR count). The minimum atomic E-state index is 0.0308. The van der Waals surface area contributed by atoms with Crippen molar-refractivity contribution in [1.82, 2.24) is 10.1 Å². The number of carbonyl (C=O) groups excluding carboxylic acids is 1. The highest BCUT2D eigenvalue weighted by Gasteiger charge is 2.12.